The lowest BCUT2D eigenvalue weighted by Crippen LogP contribution is -2.22. The van der Waals surface area contributed by atoms with Crippen LogP contribution in [0.4, 0.5) is 0 Å². The Hall–Kier alpha value is -2.13. The molecule has 1 aliphatic rings. The molecular formula is C17H18N2O. The second kappa shape index (κ2) is 5.88. The Morgan fingerprint density at radius 3 is 2.00 bits per heavy atom. The van der Waals surface area contributed by atoms with Crippen molar-refractivity contribution in [2.24, 2.45) is 10.9 Å². The van der Waals surface area contributed by atoms with Crippen molar-refractivity contribution in [2.75, 3.05) is 6.54 Å². The highest BCUT2D eigenvalue weighted by atomic mass is 16.6. The van der Waals surface area contributed by atoms with Gasteiger partial charge in [-0.05, 0) is 11.1 Å². The average molecular weight is 266 g/mol. The van der Waals surface area contributed by atoms with Crippen LogP contribution in [-0.2, 0) is 4.84 Å². The molecule has 0 aromatic heterocycles. The van der Waals surface area contributed by atoms with E-state index >= 15 is 0 Å². The highest BCUT2D eigenvalue weighted by molar-refractivity contribution is 5.94. The van der Waals surface area contributed by atoms with Gasteiger partial charge >= 0.3 is 0 Å². The Labute approximate surface area is 119 Å². The Bertz CT molecular complexity index is 541. The number of benzene rings is 2. The van der Waals surface area contributed by atoms with Gasteiger partial charge in [0.05, 0.1) is 11.6 Å². The van der Waals surface area contributed by atoms with Crippen LogP contribution in [0.25, 0.3) is 0 Å². The lowest BCUT2D eigenvalue weighted by molar-refractivity contribution is 0.0918. The van der Waals surface area contributed by atoms with Crippen molar-refractivity contribution in [1.82, 2.24) is 0 Å². The molecule has 0 saturated heterocycles. The van der Waals surface area contributed by atoms with E-state index in [0.717, 1.165) is 12.1 Å². The smallest absolute Gasteiger partial charge is 0.145 e. The quantitative estimate of drug-likeness (QED) is 0.925. The summed E-state index contributed by atoms with van der Waals surface area (Å²) in [5.41, 5.74) is 9.20. The molecule has 0 bridgehead atoms. The molecule has 1 aliphatic heterocycles. The molecule has 0 amide bonds. The van der Waals surface area contributed by atoms with E-state index in [1.54, 1.807) is 0 Å². The van der Waals surface area contributed by atoms with E-state index < -0.39 is 0 Å². The summed E-state index contributed by atoms with van der Waals surface area (Å²) in [5.74, 6) is 0.147. The Morgan fingerprint density at radius 2 is 1.55 bits per heavy atom. The van der Waals surface area contributed by atoms with Gasteiger partial charge in [-0.1, -0.05) is 65.8 Å². The zero-order valence-corrected chi connectivity index (χ0v) is 11.3. The van der Waals surface area contributed by atoms with Crippen LogP contribution in [0.3, 0.4) is 0 Å². The van der Waals surface area contributed by atoms with E-state index in [-0.39, 0.29) is 12.0 Å². The first-order valence-corrected chi connectivity index (χ1v) is 6.91. The van der Waals surface area contributed by atoms with E-state index in [0.29, 0.717) is 6.54 Å². The molecular weight excluding hydrogens is 248 g/mol. The van der Waals surface area contributed by atoms with Gasteiger partial charge in [0.1, 0.15) is 6.10 Å². The highest BCUT2D eigenvalue weighted by Crippen LogP contribution is 2.30. The zero-order chi connectivity index (χ0) is 13.8. The van der Waals surface area contributed by atoms with Crippen molar-refractivity contribution in [3.05, 3.63) is 71.8 Å². The molecule has 1 unspecified atom stereocenters. The van der Waals surface area contributed by atoms with E-state index in [9.17, 15) is 0 Å². The standard InChI is InChI=1S/C17H18N2O/c18-12-15-11-16(19-20-15)17(13-7-3-1-4-8-13)14-9-5-2-6-10-14/h1-10,15,17H,11-12,18H2. The van der Waals surface area contributed by atoms with Gasteiger partial charge in [-0.25, -0.2) is 0 Å². The number of hydrogen-bond donors (Lipinski definition) is 1. The fourth-order valence-corrected chi connectivity index (χ4v) is 2.62. The molecule has 1 heterocycles. The van der Waals surface area contributed by atoms with Crippen LogP contribution in [0.5, 0.6) is 0 Å². The van der Waals surface area contributed by atoms with Crippen molar-refractivity contribution < 1.29 is 4.84 Å². The van der Waals surface area contributed by atoms with Crippen molar-refractivity contribution in [2.45, 2.75) is 18.4 Å². The summed E-state index contributed by atoms with van der Waals surface area (Å²) in [7, 11) is 0. The number of rotatable bonds is 4. The predicted molar refractivity (Wildman–Crippen MR) is 80.7 cm³/mol. The van der Waals surface area contributed by atoms with Gasteiger partial charge in [0.15, 0.2) is 0 Å². The van der Waals surface area contributed by atoms with Crippen LogP contribution in [0.1, 0.15) is 23.5 Å². The summed E-state index contributed by atoms with van der Waals surface area (Å²) in [5, 5.41) is 4.28. The van der Waals surface area contributed by atoms with Gasteiger partial charge in [-0.15, -0.1) is 0 Å². The third kappa shape index (κ3) is 2.58. The van der Waals surface area contributed by atoms with Gasteiger partial charge in [0, 0.05) is 13.0 Å². The van der Waals surface area contributed by atoms with Crippen LogP contribution >= 0.6 is 0 Å². The van der Waals surface area contributed by atoms with Crippen molar-refractivity contribution >= 4 is 5.71 Å². The van der Waals surface area contributed by atoms with E-state index in [2.05, 4.69) is 53.7 Å². The summed E-state index contributed by atoms with van der Waals surface area (Å²) in [6.07, 6.45) is 0.810. The Balaban J connectivity index is 1.97. The fraction of sp³-hybridized carbons (Fsp3) is 0.235. The van der Waals surface area contributed by atoms with Gasteiger partial charge in [0.25, 0.3) is 0 Å². The minimum absolute atomic E-state index is 0.0138. The topological polar surface area (TPSA) is 47.6 Å². The van der Waals surface area contributed by atoms with Crippen molar-refractivity contribution in [3.8, 4) is 0 Å². The molecule has 102 valence electrons. The van der Waals surface area contributed by atoms with Crippen LogP contribution < -0.4 is 5.73 Å². The Morgan fingerprint density at radius 1 is 1.00 bits per heavy atom. The molecule has 0 fully saturated rings. The Kier molecular flexibility index (Phi) is 3.79. The molecule has 3 heteroatoms. The molecule has 0 saturated carbocycles. The van der Waals surface area contributed by atoms with Gasteiger partial charge < -0.3 is 10.6 Å². The third-order valence-electron chi connectivity index (χ3n) is 3.62. The number of hydrogen-bond acceptors (Lipinski definition) is 3. The van der Waals surface area contributed by atoms with Crippen molar-refractivity contribution in [1.29, 1.82) is 0 Å². The molecule has 3 nitrogen and oxygen atoms in total. The summed E-state index contributed by atoms with van der Waals surface area (Å²) < 4.78 is 0. The molecule has 1 atom stereocenters. The predicted octanol–water partition coefficient (Wildman–Crippen LogP) is 2.92. The largest absolute Gasteiger partial charge is 0.391 e. The second-order valence-electron chi connectivity index (χ2n) is 5.00. The van der Waals surface area contributed by atoms with E-state index in [1.807, 2.05) is 12.1 Å². The van der Waals surface area contributed by atoms with E-state index in [1.165, 1.54) is 11.1 Å². The monoisotopic (exact) mass is 266 g/mol. The first-order valence-electron chi connectivity index (χ1n) is 6.91. The van der Waals surface area contributed by atoms with Crippen LogP contribution in [0, 0.1) is 0 Å². The van der Waals surface area contributed by atoms with Crippen molar-refractivity contribution in [3.63, 3.8) is 0 Å². The molecule has 20 heavy (non-hydrogen) atoms. The van der Waals surface area contributed by atoms with Gasteiger partial charge in [-0.2, -0.15) is 0 Å². The lowest BCUT2D eigenvalue weighted by Gasteiger charge is -2.17. The maximum Gasteiger partial charge on any atom is 0.145 e. The number of nitrogens with zero attached hydrogens (tertiary/aromatic N) is 1. The molecule has 3 rings (SSSR count). The molecule has 0 aliphatic carbocycles. The third-order valence-corrected chi connectivity index (χ3v) is 3.62. The van der Waals surface area contributed by atoms with E-state index in [4.69, 9.17) is 10.6 Å². The highest BCUT2D eigenvalue weighted by Gasteiger charge is 2.28. The average Bonchev–Trinajstić information content (AvgIpc) is 2.98. The first kappa shape index (κ1) is 12.9. The van der Waals surface area contributed by atoms with Gasteiger partial charge in [0.2, 0.25) is 0 Å². The van der Waals surface area contributed by atoms with Crippen LogP contribution in [0.2, 0.25) is 0 Å². The van der Waals surface area contributed by atoms with Crippen LogP contribution in [-0.4, -0.2) is 18.4 Å². The second-order valence-corrected chi connectivity index (χ2v) is 5.00. The van der Waals surface area contributed by atoms with Gasteiger partial charge in [-0.3, -0.25) is 0 Å². The normalized spacial score (nSPS) is 17.9. The van der Waals surface area contributed by atoms with Crippen LogP contribution in [0.15, 0.2) is 65.8 Å². The first-order chi connectivity index (χ1) is 9.88. The SMILES string of the molecule is NCC1CC(C(c2ccccc2)c2ccccc2)=NO1. The number of nitrogens with two attached hydrogens (primary N) is 1. The lowest BCUT2D eigenvalue weighted by atomic mass is 9.85. The summed E-state index contributed by atoms with van der Waals surface area (Å²) >= 11 is 0. The number of oxime groups is 1. The minimum atomic E-state index is 0.0138. The molecule has 0 spiro atoms. The molecule has 2 N–H and O–H groups in total. The maximum atomic E-state index is 5.68. The zero-order valence-electron chi connectivity index (χ0n) is 11.3. The summed E-state index contributed by atoms with van der Waals surface area (Å²) in [6, 6.07) is 20.8. The summed E-state index contributed by atoms with van der Waals surface area (Å²) in [6.45, 7) is 0.503. The minimum Gasteiger partial charge on any atom is -0.391 e. The summed E-state index contributed by atoms with van der Waals surface area (Å²) in [4.78, 5) is 5.40. The molecule has 2 aromatic rings. The maximum absolute atomic E-state index is 5.68. The molecule has 0 radical (unpaired) electrons. The fourth-order valence-electron chi connectivity index (χ4n) is 2.62. The molecule has 2 aromatic carbocycles.